The van der Waals surface area contributed by atoms with Gasteiger partial charge in [0, 0.05) is 25.6 Å². The number of fused-ring (bicyclic) bond motifs is 1. The van der Waals surface area contributed by atoms with Crippen LogP contribution in [0, 0.1) is 5.92 Å². The summed E-state index contributed by atoms with van der Waals surface area (Å²) in [6.07, 6.45) is 1.88. The molecule has 7 heteroatoms. The second kappa shape index (κ2) is 7.96. The van der Waals surface area contributed by atoms with E-state index in [1.54, 1.807) is 0 Å². The first kappa shape index (κ1) is 18.4. The number of amides is 1. The molecule has 4 rings (SSSR count). The Balaban J connectivity index is 1.45. The Morgan fingerprint density at radius 1 is 1.18 bits per heavy atom. The molecule has 1 N–H and O–H groups in total. The molecule has 28 heavy (non-hydrogen) atoms. The first-order valence-electron chi connectivity index (χ1n) is 9.91. The molecule has 1 saturated heterocycles. The lowest BCUT2D eigenvalue weighted by atomic mass is 9.97. The van der Waals surface area contributed by atoms with Gasteiger partial charge in [0.05, 0.1) is 5.92 Å². The standard InChI is InChI=1S/C21H26N6O/c1-15(2)20-24-23-18-10-11-19(25-27(18)20)26-12-6-9-17(14-26)21(28)22-13-16-7-4-3-5-8-16/h3-5,7-8,10-11,15,17H,6,9,12-14H2,1-2H3,(H,22,28)/t17-/m1/s1. The van der Waals surface area contributed by atoms with Crippen molar-refractivity contribution in [2.75, 3.05) is 18.0 Å². The van der Waals surface area contributed by atoms with Crippen LogP contribution in [0.2, 0.25) is 0 Å². The topological polar surface area (TPSA) is 75.4 Å². The zero-order chi connectivity index (χ0) is 19.5. The van der Waals surface area contributed by atoms with Gasteiger partial charge in [0.1, 0.15) is 5.82 Å². The summed E-state index contributed by atoms with van der Waals surface area (Å²) in [5.41, 5.74) is 1.87. The Kier molecular flexibility index (Phi) is 5.23. The Morgan fingerprint density at radius 2 is 2.00 bits per heavy atom. The van der Waals surface area contributed by atoms with Crippen molar-refractivity contribution in [1.82, 2.24) is 25.1 Å². The quantitative estimate of drug-likeness (QED) is 0.739. The third-order valence-electron chi connectivity index (χ3n) is 5.21. The molecule has 0 spiro atoms. The largest absolute Gasteiger partial charge is 0.354 e. The number of nitrogens with zero attached hydrogens (tertiary/aromatic N) is 5. The number of anilines is 1. The highest BCUT2D eigenvalue weighted by molar-refractivity contribution is 5.79. The molecule has 1 aliphatic rings. The molecule has 1 aliphatic heterocycles. The van der Waals surface area contributed by atoms with E-state index in [9.17, 15) is 4.79 Å². The lowest BCUT2D eigenvalue weighted by Gasteiger charge is -2.32. The third kappa shape index (κ3) is 3.83. The van der Waals surface area contributed by atoms with Gasteiger partial charge in [0.25, 0.3) is 0 Å². The zero-order valence-corrected chi connectivity index (χ0v) is 16.4. The summed E-state index contributed by atoms with van der Waals surface area (Å²) < 4.78 is 1.82. The molecule has 1 amide bonds. The van der Waals surface area contributed by atoms with E-state index in [0.717, 1.165) is 42.2 Å². The fourth-order valence-corrected chi connectivity index (χ4v) is 3.65. The highest BCUT2D eigenvalue weighted by Crippen LogP contribution is 2.23. The maximum Gasteiger partial charge on any atom is 0.225 e. The SMILES string of the molecule is CC(C)c1nnc2ccc(N3CCC[C@@H](C(=O)NCc4ccccc4)C3)nn12. The van der Waals surface area contributed by atoms with Crippen molar-refractivity contribution < 1.29 is 4.79 Å². The van der Waals surface area contributed by atoms with Gasteiger partial charge >= 0.3 is 0 Å². The van der Waals surface area contributed by atoms with Gasteiger partial charge in [0.15, 0.2) is 11.5 Å². The van der Waals surface area contributed by atoms with E-state index in [1.807, 2.05) is 47.0 Å². The van der Waals surface area contributed by atoms with E-state index in [4.69, 9.17) is 5.10 Å². The van der Waals surface area contributed by atoms with Gasteiger partial charge in [0.2, 0.25) is 5.91 Å². The van der Waals surface area contributed by atoms with Gasteiger partial charge in [-0.3, -0.25) is 4.79 Å². The van der Waals surface area contributed by atoms with Gasteiger partial charge < -0.3 is 10.2 Å². The Labute approximate surface area is 164 Å². The highest BCUT2D eigenvalue weighted by Gasteiger charge is 2.27. The van der Waals surface area contributed by atoms with Crippen molar-refractivity contribution in [1.29, 1.82) is 0 Å². The summed E-state index contributed by atoms with van der Waals surface area (Å²) in [5, 5.41) is 16.3. The van der Waals surface area contributed by atoms with Crippen LogP contribution in [0.15, 0.2) is 42.5 Å². The van der Waals surface area contributed by atoms with Crippen molar-refractivity contribution in [2.24, 2.45) is 5.92 Å². The lowest BCUT2D eigenvalue weighted by Crippen LogP contribution is -2.43. The molecular weight excluding hydrogens is 352 g/mol. The van der Waals surface area contributed by atoms with Crippen molar-refractivity contribution >= 4 is 17.4 Å². The molecule has 1 fully saturated rings. The van der Waals surface area contributed by atoms with E-state index < -0.39 is 0 Å². The maximum atomic E-state index is 12.7. The first-order valence-corrected chi connectivity index (χ1v) is 9.91. The Morgan fingerprint density at radius 3 is 2.79 bits per heavy atom. The number of carbonyl (C=O) groups excluding carboxylic acids is 1. The second-order valence-electron chi connectivity index (χ2n) is 7.66. The maximum absolute atomic E-state index is 12.7. The summed E-state index contributed by atoms with van der Waals surface area (Å²) >= 11 is 0. The smallest absolute Gasteiger partial charge is 0.225 e. The monoisotopic (exact) mass is 378 g/mol. The number of benzene rings is 1. The molecule has 3 aromatic rings. The molecule has 0 radical (unpaired) electrons. The minimum Gasteiger partial charge on any atom is -0.354 e. The van der Waals surface area contributed by atoms with Crippen molar-refractivity contribution in [3.8, 4) is 0 Å². The highest BCUT2D eigenvalue weighted by atomic mass is 16.1. The van der Waals surface area contributed by atoms with Crippen LogP contribution in [0.1, 0.15) is 44.0 Å². The van der Waals surface area contributed by atoms with Gasteiger partial charge in [-0.2, -0.15) is 4.52 Å². The molecule has 0 aliphatic carbocycles. The molecule has 7 nitrogen and oxygen atoms in total. The molecule has 0 saturated carbocycles. The van der Waals surface area contributed by atoms with E-state index in [0.29, 0.717) is 13.1 Å². The van der Waals surface area contributed by atoms with Crippen LogP contribution >= 0.6 is 0 Å². The summed E-state index contributed by atoms with van der Waals surface area (Å²) in [6, 6.07) is 13.9. The number of carbonyl (C=O) groups is 1. The average Bonchev–Trinajstić information content (AvgIpc) is 3.16. The zero-order valence-electron chi connectivity index (χ0n) is 16.4. The summed E-state index contributed by atoms with van der Waals surface area (Å²) in [6.45, 7) is 6.31. The number of hydrogen-bond acceptors (Lipinski definition) is 5. The molecule has 1 atom stereocenters. The van der Waals surface area contributed by atoms with E-state index in [2.05, 4.69) is 34.3 Å². The number of nitrogens with one attached hydrogen (secondary N) is 1. The third-order valence-corrected chi connectivity index (χ3v) is 5.21. The lowest BCUT2D eigenvalue weighted by molar-refractivity contribution is -0.125. The molecule has 0 unspecified atom stereocenters. The van der Waals surface area contributed by atoms with E-state index >= 15 is 0 Å². The van der Waals surface area contributed by atoms with Gasteiger partial charge in [-0.25, -0.2) is 0 Å². The van der Waals surface area contributed by atoms with Crippen LogP contribution in [0.3, 0.4) is 0 Å². The van der Waals surface area contributed by atoms with Crippen LogP contribution in [-0.4, -0.2) is 38.8 Å². The molecule has 146 valence electrons. The van der Waals surface area contributed by atoms with E-state index in [-0.39, 0.29) is 17.7 Å². The summed E-state index contributed by atoms with van der Waals surface area (Å²) in [7, 11) is 0. The number of piperidine rings is 1. The Hall–Kier alpha value is -2.96. The fourth-order valence-electron chi connectivity index (χ4n) is 3.65. The second-order valence-corrected chi connectivity index (χ2v) is 7.66. The molecule has 2 aromatic heterocycles. The predicted molar refractivity (Wildman–Crippen MR) is 108 cm³/mol. The normalized spacial score (nSPS) is 17.2. The fraction of sp³-hybridized carbons (Fsp3) is 0.429. The van der Waals surface area contributed by atoms with Crippen LogP contribution in [0.5, 0.6) is 0 Å². The Bertz CT molecular complexity index is 952. The van der Waals surface area contributed by atoms with E-state index in [1.165, 1.54) is 0 Å². The molecule has 0 bridgehead atoms. The van der Waals surface area contributed by atoms with Gasteiger partial charge in [-0.15, -0.1) is 15.3 Å². The van der Waals surface area contributed by atoms with Crippen LogP contribution in [0.4, 0.5) is 5.82 Å². The number of aromatic nitrogens is 4. The summed E-state index contributed by atoms with van der Waals surface area (Å²) in [4.78, 5) is 14.9. The number of rotatable bonds is 5. The van der Waals surface area contributed by atoms with Crippen molar-refractivity contribution in [3.63, 3.8) is 0 Å². The van der Waals surface area contributed by atoms with Crippen LogP contribution in [-0.2, 0) is 11.3 Å². The van der Waals surface area contributed by atoms with Crippen LogP contribution < -0.4 is 10.2 Å². The predicted octanol–water partition coefficient (Wildman–Crippen LogP) is 2.78. The first-order chi connectivity index (χ1) is 13.6. The average molecular weight is 378 g/mol. The van der Waals surface area contributed by atoms with Gasteiger partial charge in [-0.1, -0.05) is 44.2 Å². The van der Waals surface area contributed by atoms with Crippen molar-refractivity contribution in [3.05, 3.63) is 53.9 Å². The molecule has 3 heterocycles. The molecule has 1 aromatic carbocycles. The summed E-state index contributed by atoms with van der Waals surface area (Å²) in [5.74, 6) is 2.05. The van der Waals surface area contributed by atoms with Crippen LogP contribution in [0.25, 0.3) is 5.65 Å². The minimum atomic E-state index is -0.0274. The minimum absolute atomic E-state index is 0.0274. The molecular formula is C21H26N6O. The van der Waals surface area contributed by atoms with Gasteiger partial charge in [-0.05, 0) is 30.5 Å². The number of hydrogen-bond donors (Lipinski definition) is 1. The van der Waals surface area contributed by atoms with Crippen molar-refractivity contribution in [2.45, 2.75) is 39.2 Å².